The first-order valence-corrected chi connectivity index (χ1v) is 33.8. The molecule has 82 heavy (non-hydrogen) atoms. The van der Waals surface area contributed by atoms with Gasteiger partial charge < -0.3 is 14.2 Å². The van der Waals surface area contributed by atoms with E-state index in [0.29, 0.717) is 19.3 Å². The molecule has 0 saturated heterocycles. The number of ether oxygens (including phenoxy) is 3. The zero-order valence-electron chi connectivity index (χ0n) is 53.2. The molecule has 0 spiro atoms. The minimum Gasteiger partial charge on any atom is -0.462 e. The quantitative estimate of drug-likeness (QED) is 0.0261. The summed E-state index contributed by atoms with van der Waals surface area (Å²) in [6.45, 7) is 6.38. The number of hydrogen-bond acceptors (Lipinski definition) is 6. The van der Waals surface area contributed by atoms with Crippen LogP contribution < -0.4 is 0 Å². The second-order valence-electron chi connectivity index (χ2n) is 22.0. The van der Waals surface area contributed by atoms with Crippen LogP contribution in [0.15, 0.2) is 146 Å². The van der Waals surface area contributed by atoms with Crippen LogP contribution in [0.3, 0.4) is 0 Å². The molecule has 0 saturated carbocycles. The Bertz CT molecular complexity index is 1780. The lowest BCUT2D eigenvalue weighted by atomic mass is 10.1. The van der Waals surface area contributed by atoms with E-state index >= 15 is 0 Å². The summed E-state index contributed by atoms with van der Waals surface area (Å²) >= 11 is 0. The highest BCUT2D eigenvalue weighted by molar-refractivity contribution is 5.71. The highest BCUT2D eigenvalue weighted by Crippen LogP contribution is 2.15. The van der Waals surface area contributed by atoms with Gasteiger partial charge in [-0.05, 0) is 141 Å². The Morgan fingerprint density at radius 2 is 0.476 bits per heavy atom. The van der Waals surface area contributed by atoms with Gasteiger partial charge >= 0.3 is 17.9 Å². The Morgan fingerprint density at radius 1 is 0.256 bits per heavy atom. The van der Waals surface area contributed by atoms with Crippen LogP contribution in [0.2, 0.25) is 0 Å². The van der Waals surface area contributed by atoms with E-state index in [4.69, 9.17) is 14.2 Å². The van der Waals surface area contributed by atoms with Crippen LogP contribution in [0.25, 0.3) is 0 Å². The van der Waals surface area contributed by atoms with Gasteiger partial charge in [0.1, 0.15) is 13.2 Å². The molecule has 0 rings (SSSR count). The van der Waals surface area contributed by atoms with Crippen LogP contribution in [0.4, 0.5) is 0 Å². The van der Waals surface area contributed by atoms with Crippen molar-refractivity contribution in [3.05, 3.63) is 146 Å². The lowest BCUT2D eigenvalue weighted by Crippen LogP contribution is -2.30. The summed E-state index contributed by atoms with van der Waals surface area (Å²) in [4.78, 5) is 38.3. The molecule has 0 aromatic heterocycles. The van der Waals surface area contributed by atoms with Crippen LogP contribution in [-0.4, -0.2) is 37.2 Å². The van der Waals surface area contributed by atoms with E-state index in [1.807, 2.05) is 0 Å². The van der Waals surface area contributed by atoms with E-state index < -0.39 is 6.10 Å². The van der Waals surface area contributed by atoms with Gasteiger partial charge in [0.25, 0.3) is 0 Å². The monoisotopic (exact) mass is 1130 g/mol. The predicted molar refractivity (Wildman–Crippen MR) is 357 cm³/mol. The van der Waals surface area contributed by atoms with Crippen molar-refractivity contribution in [3.8, 4) is 0 Å². The number of carbonyl (C=O) groups is 3. The number of allylic oxidation sites excluding steroid dienone is 24. The summed E-state index contributed by atoms with van der Waals surface area (Å²) < 4.78 is 16.9. The Morgan fingerprint density at radius 3 is 0.768 bits per heavy atom. The third-order valence-electron chi connectivity index (χ3n) is 14.1. The van der Waals surface area contributed by atoms with Gasteiger partial charge in [0, 0.05) is 19.3 Å². The summed E-state index contributed by atoms with van der Waals surface area (Å²) in [5, 5.41) is 0. The molecule has 1 atom stereocenters. The van der Waals surface area contributed by atoms with Crippen LogP contribution in [0.1, 0.15) is 297 Å². The molecule has 0 aliphatic carbocycles. The van der Waals surface area contributed by atoms with Gasteiger partial charge in [-0.25, -0.2) is 0 Å². The second kappa shape index (κ2) is 68.8. The van der Waals surface area contributed by atoms with Gasteiger partial charge in [0.2, 0.25) is 0 Å². The van der Waals surface area contributed by atoms with Gasteiger partial charge in [-0.1, -0.05) is 282 Å². The second-order valence-corrected chi connectivity index (χ2v) is 22.0. The number of unbranched alkanes of at least 4 members (excludes halogenated alkanes) is 25. The fourth-order valence-electron chi connectivity index (χ4n) is 9.06. The van der Waals surface area contributed by atoms with Crippen LogP contribution in [0.5, 0.6) is 0 Å². The Balaban J connectivity index is 4.26. The van der Waals surface area contributed by atoms with Crippen molar-refractivity contribution in [1.82, 2.24) is 0 Å². The van der Waals surface area contributed by atoms with Crippen molar-refractivity contribution in [3.63, 3.8) is 0 Å². The average molecular weight is 1130 g/mol. The summed E-state index contributed by atoms with van der Waals surface area (Å²) in [5.74, 6) is -0.936. The molecule has 1 unspecified atom stereocenters. The number of hydrogen-bond donors (Lipinski definition) is 0. The fraction of sp³-hybridized carbons (Fsp3) is 0.645. The van der Waals surface area contributed by atoms with E-state index in [0.717, 1.165) is 154 Å². The molecule has 0 amide bonds. The van der Waals surface area contributed by atoms with Gasteiger partial charge in [-0.2, -0.15) is 0 Å². The van der Waals surface area contributed by atoms with Crippen molar-refractivity contribution < 1.29 is 28.6 Å². The maximum atomic E-state index is 12.9. The molecular formula is C76H124O6. The molecule has 0 N–H and O–H groups in total. The maximum absolute atomic E-state index is 12.9. The summed E-state index contributed by atoms with van der Waals surface area (Å²) in [6.07, 6.45) is 98.7. The lowest BCUT2D eigenvalue weighted by Gasteiger charge is -2.18. The molecule has 6 heteroatoms. The Hall–Kier alpha value is -4.71. The Kier molecular flexibility index (Phi) is 64.8. The maximum Gasteiger partial charge on any atom is 0.306 e. The first-order chi connectivity index (χ1) is 40.5. The van der Waals surface area contributed by atoms with E-state index in [1.165, 1.54) is 103 Å². The minimum atomic E-state index is -0.801. The molecule has 464 valence electrons. The van der Waals surface area contributed by atoms with Crippen molar-refractivity contribution in [2.45, 2.75) is 303 Å². The van der Waals surface area contributed by atoms with Crippen LogP contribution in [0, 0.1) is 0 Å². The first kappa shape index (κ1) is 77.3. The van der Waals surface area contributed by atoms with Crippen molar-refractivity contribution in [1.29, 1.82) is 0 Å². The molecule has 0 radical (unpaired) electrons. The summed E-state index contributed by atoms with van der Waals surface area (Å²) in [6, 6.07) is 0. The molecule has 0 heterocycles. The lowest BCUT2D eigenvalue weighted by molar-refractivity contribution is -0.167. The zero-order chi connectivity index (χ0) is 59.2. The van der Waals surface area contributed by atoms with Gasteiger partial charge in [0.15, 0.2) is 6.10 Å². The third-order valence-corrected chi connectivity index (χ3v) is 14.1. The predicted octanol–water partition coefficient (Wildman–Crippen LogP) is 23.5. The summed E-state index contributed by atoms with van der Waals surface area (Å²) in [7, 11) is 0. The zero-order valence-corrected chi connectivity index (χ0v) is 53.2. The largest absolute Gasteiger partial charge is 0.462 e. The third kappa shape index (κ3) is 66.1. The van der Waals surface area contributed by atoms with Gasteiger partial charge in [-0.15, -0.1) is 0 Å². The molecule has 0 aliphatic heterocycles. The molecule has 0 aromatic carbocycles. The standard InChI is InChI=1S/C76H124O6/c1-4-7-10-13-16-19-22-25-27-29-30-31-32-33-34-35-36-37-38-39-40-41-42-43-44-45-46-47-49-51-54-57-60-63-66-69-75(78)81-72-73(71-80-74(77)68-65-62-59-56-53-50-24-21-18-15-12-9-6-3)82-76(79)70-67-64-61-58-55-52-48-28-26-23-20-17-14-11-8-5-2/h7,9-10,12,16,18-19,21,25,27-28,30-31,33-34,36-37,39-40,42-43,48,50,53,73H,4-6,8,11,13-15,17,20,22-24,26,29,32,35,38,41,44-47,49,51-52,54-72H2,1-3H3/b10-7-,12-9-,19-16-,21-18-,27-25-,31-30-,34-33-,37-36-,40-39-,43-42-,48-28-,53-50-. The molecular weight excluding hydrogens is 1010 g/mol. The van der Waals surface area contributed by atoms with E-state index in [-0.39, 0.29) is 31.1 Å². The topological polar surface area (TPSA) is 78.9 Å². The van der Waals surface area contributed by atoms with Crippen molar-refractivity contribution >= 4 is 17.9 Å². The normalized spacial score (nSPS) is 13.1. The molecule has 0 bridgehead atoms. The van der Waals surface area contributed by atoms with Gasteiger partial charge in [0.05, 0.1) is 0 Å². The first-order valence-electron chi connectivity index (χ1n) is 33.8. The smallest absolute Gasteiger partial charge is 0.306 e. The molecule has 0 aromatic rings. The van der Waals surface area contributed by atoms with E-state index in [1.54, 1.807) is 0 Å². The van der Waals surface area contributed by atoms with Crippen molar-refractivity contribution in [2.75, 3.05) is 13.2 Å². The fourth-order valence-corrected chi connectivity index (χ4v) is 9.06. The van der Waals surface area contributed by atoms with Crippen LogP contribution in [-0.2, 0) is 28.6 Å². The van der Waals surface area contributed by atoms with Gasteiger partial charge in [-0.3, -0.25) is 14.4 Å². The highest BCUT2D eigenvalue weighted by atomic mass is 16.6. The summed E-state index contributed by atoms with van der Waals surface area (Å²) in [5.41, 5.74) is 0. The van der Waals surface area contributed by atoms with E-state index in [2.05, 4.69) is 167 Å². The molecule has 0 aliphatic rings. The average Bonchev–Trinajstić information content (AvgIpc) is 3.47. The van der Waals surface area contributed by atoms with E-state index in [9.17, 15) is 14.4 Å². The van der Waals surface area contributed by atoms with Crippen LogP contribution >= 0.6 is 0 Å². The minimum absolute atomic E-state index is 0.0960. The number of carbonyl (C=O) groups excluding carboxylic acids is 3. The molecule has 0 fully saturated rings. The Labute approximate surface area is 506 Å². The van der Waals surface area contributed by atoms with Crippen molar-refractivity contribution in [2.24, 2.45) is 0 Å². The number of esters is 3. The highest BCUT2D eigenvalue weighted by Gasteiger charge is 2.19. The molecule has 6 nitrogen and oxygen atoms in total. The SMILES string of the molecule is CC/C=C\C/C=C\C/C=C\C/C=C\C/C=C\C/C=C\C/C=C\C/C=C\CCCCCCCCCCCCC(=O)OCC(COC(=O)CCCCC/C=C\C/C=C\C/C=C\CC)OC(=O)CCCCCCC/C=C\CCCCCCCCC. The number of rotatable bonds is 60.